The number of aromatic amines is 1. The third kappa shape index (κ3) is 4.33. The molecule has 27 heavy (non-hydrogen) atoms. The van der Waals surface area contributed by atoms with Crippen molar-refractivity contribution in [2.75, 3.05) is 6.54 Å². The number of aromatic nitrogens is 2. The van der Waals surface area contributed by atoms with E-state index in [0.717, 1.165) is 41.5 Å². The zero-order valence-corrected chi connectivity index (χ0v) is 17.0. The summed E-state index contributed by atoms with van der Waals surface area (Å²) in [6.07, 6.45) is 3.54. The molecule has 0 aliphatic carbocycles. The van der Waals surface area contributed by atoms with E-state index in [9.17, 15) is 0 Å². The summed E-state index contributed by atoms with van der Waals surface area (Å²) >= 11 is 18.2. The largest absolute Gasteiger partial charge is 0.291 e. The van der Waals surface area contributed by atoms with Crippen LogP contribution in [0.4, 0.5) is 0 Å². The van der Waals surface area contributed by atoms with Gasteiger partial charge in [0.05, 0.1) is 27.5 Å². The monoisotopic (exact) mass is 419 g/mol. The molecule has 2 aromatic carbocycles. The molecule has 1 N–H and O–H groups in total. The summed E-state index contributed by atoms with van der Waals surface area (Å²) < 4.78 is 0. The molecule has 0 bridgehead atoms. The fourth-order valence-electron chi connectivity index (χ4n) is 3.68. The number of nitrogens with one attached hydrogen (secondary N) is 1. The van der Waals surface area contributed by atoms with Crippen molar-refractivity contribution in [1.29, 1.82) is 0 Å². The second-order valence-electron chi connectivity index (χ2n) is 6.95. The minimum absolute atomic E-state index is 0.321. The number of hydrogen-bond donors (Lipinski definition) is 1. The van der Waals surface area contributed by atoms with Gasteiger partial charge in [0, 0.05) is 17.1 Å². The molecule has 1 unspecified atom stereocenters. The van der Waals surface area contributed by atoms with Crippen molar-refractivity contribution in [3.8, 4) is 11.3 Å². The summed E-state index contributed by atoms with van der Waals surface area (Å²) in [4.78, 5) is 2.49. The lowest BCUT2D eigenvalue weighted by atomic mass is 9.98. The zero-order chi connectivity index (χ0) is 18.8. The molecule has 2 heterocycles. The summed E-state index contributed by atoms with van der Waals surface area (Å²) in [6.45, 7) is 1.90. The average Bonchev–Trinajstić information content (AvgIpc) is 3.16. The molecule has 1 saturated heterocycles. The highest BCUT2D eigenvalue weighted by Crippen LogP contribution is 2.33. The van der Waals surface area contributed by atoms with Crippen molar-refractivity contribution < 1.29 is 0 Å². The van der Waals surface area contributed by atoms with Crippen molar-refractivity contribution in [3.05, 3.63) is 74.9 Å². The molecule has 6 heteroatoms. The Hall–Kier alpha value is -1.52. The molecular formula is C21H20Cl3N3. The van der Waals surface area contributed by atoms with Crippen LogP contribution >= 0.6 is 34.8 Å². The first-order valence-electron chi connectivity index (χ1n) is 9.09. The third-order valence-electron chi connectivity index (χ3n) is 5.08. The molecule has 4 rings (SSSR count). The first-order chi connectivity index (χ1) is 13.1. The van der Waals surface area contributed by atoms with Crippen LogP contribution in [0, 0.1) is 0 Å². The number of hydrogen-bond acceptors (Lipinski definition) is 2. The summed E-state index contributed by atoms with van der Waals surface area (Å²) in [5.74, 6) is 0. The predicted octanol–water partition coefficient (Wildman–Crippen LogP) is 6.76. The number of likely N-dealkylation sites (tertiary alicyclic amines) is 1. The number of H-pyrrole nitrogens is 1. The van der Waals surface area contributed by atoms with Gasteiger partial charge in [-0.1, -0.05) is 59.4 Å². The lowest BCUT2D eigenvalue weighted by Crippen LogP contribution is -2.33. The van der Waals surface area contributed by atoms with E-state index in [1.807, 2.05) is 42.5 Å². The smallest absolute Gasteiger partial charge is 0.0924 e. The maximum Gasteiger partial charge on any atom is 0.0924 e. The normalized spacial score (nSPS) is 18.0. The molecular weight excluding hydrogens is 401 g/mol. The SMILES string of the molecule is Clc1ccc(-c2cc(C3CCCCN3Cc3ccc(Cl)c(Cl)c3)[nH]n2)cc1. The topological polar surface area (TPSA) is 31.9 Å². The molecule has 0 amide bonds. The van der Waals surface area contributed by atoms with Gasteiger partial charge in [0.25, 0.3) is 0 Å². The van der Waals surface area contributed by atoms with Gasteiger partial charge in [-0.05, 0) is 55.3 Å². The second kappa shape index (κ2) is 8.24. The van der Waals surface area contributed by atoms with Crippen LogP contribution in [0.5, 0.6) is 0 Å². The van der Waals surface area contributed by atoms with E-state index in [4.69, 9.17) is 34.8 Å². The molecule has 3 nitrogen and oxygen atoms in total. The van der Waals surface area contributed by atoms with Gasteiger partial charge in [-0.3, -0.25) is 10.00 Å². The fourth-order valence-corrected chi connectivity index (χ4v) is 4.13. The van der Waals surface area contributed by atoms with Gasteiger partial charge in [0.1, 0.15) is 0 Å². The molecule has 140 valence electrons. The number of nitrogens with zero attached hydrogens (tertiary/aromatic N) is 2. The molecule has 1 fully saturated rings. The molecule has 3 aromatic rings. The van der Waals surface area contributed by atoms with E-state index in [0.29, 0.717) is 16.1 Å². The molecule has 1 aliphatic rings. The summed E-state index contributed by atoms with van der Waals surface area (Å²) in [6, 6.07) is 16.1. The van der Waals surface area contributed by atoms with Gasteiger partial charge < -0.3 is 0 Å². The van der Waals surface area contributed by atoms with Crippen molar-refractivity contribution in [2.45, 2.75) is 31.8 Å². The highest BCUT2D eigenvalue weighted by atomic mass is 35.5. The van der Waals surface area contributed by atoms with E-state index in [1.54, 1.807) is 0 Å². The maximum absolute atomic E-state index is 6.19. The highest BCUT2D eigenvalue weighted by molar-refractivity contribution is 6.42. The number of benzene rings is 2. The Morgan fingerprint density at radius 1 is 0.963 bits per heavy atom. The van der Waals surface area contributed by atoms with E-state index in [2.05, 4.69) is 21.2 Å². The van der Waals surface area contributed by atoms with Gasteiger partial charge in [0.2, 0.25) is 0 Å². The Bertz CT molecular complexity index is 921. The van der Waals surface area contributed by atoms with Crippen LogP contribution in [-0.4, -0.2) is 21.6 Å². The van der Waals surface area contributed by atoms with Gasteiger partial charge in [0.15, 0.2) is 0 Å². The molecule has 1 aromatic heterocycles. The fraction of sp³-hybridized carbons (Fsp3) is 0.286. The van der Waals surface area contributed by atoms with Gasteiger partial charge in [-0.2, -0.15) is 5.10 Å². The van der Waals surface area contributed by atoms with E-state index in [1.165, 1.54) is 18.4 Å². The van der Waals surface area contributed by atoms with Crippen molar-refractivity contribution in [1.82, 2.24) is 15.1 Å². The van der Waals surface area contributed by atoms with Gasteiger partial charge in [-0.25, -0.2) is 0 Å². The standard InChI is InChI=1S/C21H20Cl3N3/c22-16-7-5-15(6-8-16)19-12-20(26-25-19)21-3-1-2-10-27(21)13-14-4-9-17(23)18(24)11-14/h4-9,11-12,21H,1-3,10,13H2,(H,25,26). The van der Waals surface area contributed by atoms with Crippen LogP contribution in [0.25, 0.3) is 11.3 Å². The van der Waals surface area contributed by atoms with Crippen molar-refractivity contribution in [3.63, 3.8) is 0 Å². The zero-order valence-electron chi connectivity index (χ0n) is 14.8. The summed E-state index contributed by atoms with van der Waals surface area (Å²) in [7, 11) is 0. The number of halogens is 3. The van der Waals surface area contributed by atoms with Crippen LogP contribution < -0.4 is 0 Å². The van der Waals surface area contributed by atoms with Gasteiger partial charge in [-0.15, -0.1) is 0 Å². The average molecular weight is 421 g/mol. The summed E-state index contributed by atoms with van der Waals surface area (Å²) in [5, 5.41) is 9.71. The number of piperidine rings is 1. The minimum atomic E-state index is 0.321. The second-order valence-corrected chi connectivity index (χ2v) is 8.20. The Kier molecular flexibility index (Phi) is 5.74. The highest BCUT2D eigenvalue weighted by Gasteiger charge is 2.26. The lowest BCUT2D eigenvalue weighted by molar-refractivity contribution is 0.137. The van der Waals surface area contributed by atoms with Crippen molar-refractivity contribution in [2.24, 2.45) is 0 Å². The molecule has 0 spiro atoms. The van der Waals surface area contributed by atoms with Crippen molar-refractivity contribution >= 4 is 34.8 Å². The first kappa shape index (κ1) is 18.8. The molecule has 0 saturated carbocycles. The Morgan fingerprint density at radius 2 is 1.78 bits per heavy atom. The molecule has 1 atom stereocenters. The Morgan fingerprint density at radius 3 is 2.56 bits per heavy atom. The Labute approximate surface area is 174 Å². The van der Waals surface area contributed by atoms with Crippen LogP contribution in [0.15, 0.2) is 48.5 Å². The minimum Gasteiger partial charge on any atom is -0.291 e. The Balaban J connectivity index is 1.55. The van der Waals surface area contributed by atoms with Crippen LogP contribution in [0.3, 0.4) is 0 Å². The van der Waals surface area contributed by atoms with Crippen LogP contribution in [0.1, 0.15) is 36.6 Å². The summed E-state index contributed by atoms with van der Waals surface area (Å²) in [5.41, 5.74) is 4.34. The molecule has 0 radical (unpaired) electrons. The number of rotatable bonds is 4. The molecule has 1 aliphatic heterocycles. The van der Waals surface area contributed by atoms with Gasteiger partial charge >= 0.3 is 0 Å². The van der Waals surface area contributed by atoms with E-state index >= 15 is 0 Å². The lowest BCUT2D eigenvalue weighted by Gasteiger charge is -2.35. The first-order valence-corrected chi connectivity index (χ1v) is 10.2. The third-order valence-corrected chi connectivity index (χ3v) is 6.07. The van der Waals surface area contributed by atoms with Crippen LogP contribution in [-0.2, 0) is 6.54 Å². The van der Waals surface area contributed by atoms with E-state index in [-0.39, 0.29) is 0 Å². The van der Waals surface area contributed by atoms with E-state index < -0.39 is 0 Å². The predicted molar refractivity (Wildman–Crippen MR) is 112 cm³/mol. The van der Waals surface area contributed by atoms with Crippen LogP contribution in [0.2, 0.25) is 15.1 Å². The maximum atomic E-state index is 6.19. The quantitative estimate of drug-likeness (QED) is 0.505.